The van der Waals surface area contributed by atoms with Crippen LogP contribution in [0.25, 0.3) is 5.69 Å². The first-order valence-electron chi connectivity index (χ1n) is 7.29. The van der Waals surface area contributed by atoms with Gasteiger partial charge in [-0.15, -0.1) is 0 Å². The van der Waals surface area contributed by atoms with Crippen molar-refractivity contribution in [3.63, 3.8) is 0 Å². The van der Waals surface area contributed by atoms with Crippen LogP contribution in [0.5, 0.6) is 5.75 Å². The number of carbonyl (C=O) groups is 2. The van der Waals surface area contributed by atoms with Gasteiger partial charge in [0.2, 0.25) is 0 Å². The second-order valence-electron chi connectivity index (χ2n) is 5.03. The van der Waals surface area contributed by atoms with E-state index in [9.17, 15) is 9.59 Å². The predicted molar refractivity (Wildman–Crippen MR) is 91.3 cm³/mol. The van der Waals surface area contributed by atoms with Crippen LogP contribution in [0, 0.1) is 0 Å². The maximum atomic E-state index is 12.2. The molecule has 25 heavy (non-hydrogen) atoms. The predicted octanol–water partition coefficient (Wildman–Crippen LogP) is 3.53. The lowest BCUT2D eigenvalue weighted by atomic mass is 10.2. The molecule has 0 aliphatic heterocycles. The summed E-state index contributed by atoms with van der Waals surface area (Å²) in [7, 11) is 1.30. The molecule has 0 bridgehead atoms. The molecule has 1 heterocycles. The highest BCUT2D eigenvalue weighted by molar-refractivity contribution is 6.30. The van der Waals surface area contributed by atoms with Crippen molar-refractivity contribution < 1.29 is 19.1 Å². The van der Waals surface area contributed by atoms with Crippen molar-refractivity contribution in [3.8, 4) is 11.4 Å². The van der Waals surface area contributed by atoms with Crippen molar-refractivity contribution in [2.24, 2.45) is 0 Å². The van der Waals surface area contributed by atoms with E-state index in [0.717, 1.165) is 5.69 Å². The molecule has 0 radical (unpaired) electrons. The molecule has 0 amide bonds. The number of halogens is 1. The Kier molecular flexibility index (Phi) is 4.81. The van der Waals surface area contributed by atoms with E-state index < -0.39 is 11.9 Å². The van der Waals surface area contributed by atoms with E-state index in [0.29, 0.717) is 16.3 Å². The van der Waals surface area contributed by atoms with Crippen molar-refractivity contribution in [1.29, 1.82) is 0 Å². The topological polar surface area (TPSA) is 70.4 Å². The van der Waals surface area contributed by atoms with Crippen LogP contribution in [0.1, 0.15) is 20.8 Å². The zero-order valence-corrected chi connectivity index (χ0v) is 13.9. The lowest BCUT2D eigenvalue weighted by Crippen LogP contribution is -2.10. The first-order valence-corrected chi connectivity index (χ1v) is 7.67. The number of benzene rings is 2. The van der Waals surface area contributed by atoms with Gasteiger partial charge in [-0.25, -0.2) is 14.3 Å². The zero-order chi connectivity index (χ0) is 17.8. The molecule has 0 saturated heterocycles. The summed E-state index contributed by atoms with van der Waals surface area (Å²) >= 11 is 5.95. The largest absolute Gasteiger partial charge is 0.465 e. The van der Waals surface area contributed by atoms with Crippen LogP contribution in [0.3, 0.4) is 0 Å². The van der Waals surface area contributed by atoms with Gasteiger partial charge in [0, 0.05) is 11.2 Å². The number of hydrogen-bond donors (Lipinski definition) is 0. The Morgan fingerprint density at radius 3 is 2.48 bits per heavy atom. The summed E-state index contributed by atoms with van der Waals surface area (Å²) in [4.78, 5) is 23.6. The molecule has 2 aromatic carbocycles. The van der Waals surface area contributed by atoms with Gasteiger partial charge in [-0.1, -0.05) is 17.7 Å². The number of esters is 2. The molecule has 0 saturated carbocycles. The Morgan fingerprint density at radius 2 is 1.80 bits per heavy atom. The maximum absolute atomic E-state index is 12.2. The third kappa shape index (κ3) is 3.87. The second kappa shape index (κ2) is 7.19. The summed E-state index contributed by atoms with van der Waals surface area (Å²) in [5.74, 6) is -0.764. The standard InChI is InChI=1S/C18H13ClN2O4/c1-24-17(22)12-5-7-15(8-6-12)25-18(23)16-9-10-21(20-16)14-4-2-3-13(19)11-14/h2-11H,1H3. The molecule has 0 aliphatic rings. The fraction of sp³-hybridized carbons (Fsp3) is 0.0556. The lowest BCUT2D eigenvalue weighted by Gasteiger charge is -2.04. The second-order valence-corrected chi connectivity index (χ2v) is 5.47. The van der Waals surface area contributed by atoms with E-state index in [4.69, 9.17) is 16.3 Å². The molecular weight excluding hydrogens is 344 g/mol. The van der Waals surface area contributed by atoms with Gasteiger partial charge < -0.3 is 9.47 Å². The van der Waals surface area contributed by atoms with Crippen molar-refractivity contribution in [1.82, 2.24) is 9.78 Å². The average molecular weight is 357 g/mol. The van der Waals surface area contributed by atoms with E-state index >= 15 is 0 Å². The Hall–Kier alpha value is -3.12. The fourth-order valence-electron chi connectivity index (χ4n) is 2.13. The number of methoxy groups -OCH3 is 1. The molecule has 0 fully saturated rings. The molecule has 7 heteroatoms. The summed E-state index contributed by atoms with van der Waals surface area (Å²) < 4.78 is 11.4. The number of rotatable bonds is 4. The van der Waals surface area contributed by atoms with Gasteiger partial charge in [0.15, 0.2) is 5.69 Å². The third-order valence-electron chi connectivity index (χ3n) is 3.36. The van der Waals surface area contributed by atoms with Gasteiger partial charge in [-0.05, 0) is 48.5 Å². The molecule has 6 nitrogen and oxygen atoms in total. The number of nitrogens with zero attached hydrogens (tertiary/aromatic N) is 2. The smallest absolute Gasteiger partial charge is 0.364 e. The van der Waals surface area contributed by atoms with Crippen LogP contribution < -0.4 is 4.74 Å². The van der Waals surface area contributed by atoms with E-state index in [2.05, 4.69) is 9.84 Å². The summed E-state index contributed by atoms with van der Waals surface area (Å²) in [5, 5.41) is 4.76. The van der Waals surface area contributed by atoms with Crippen LogP contribution in [-0.4, -0.2) is 28.8 Å². The third-order valence-corrected chi connectivity index (χ3v) is 3.59. The Morgan fingerprint density at radius 1 is 1.04 bits per heavy atom. The summed E-state index contributed by atoms with van der Waals surface area (Å²) in [6.07, 6.45) is 1.64. The Bertz CT molecular complexity index is 919. The maximum Gasteiger partial charge on any atom is 0.364 e. The van der Waals surface area contributed by atoms with E-state index in [1.807, 2.05) is 6.07 Å². The Balaban J connectivity index is 1.73. The number of ether oxygens (including phenoxy) is 2. The van der Waals surface area contributed by atoms with Gasteiger partial charge in [-0.2, -0.15) is 5.10 Å². The van der Waals surface area contributed by atoms with Crippen molar-refractivity contribution >= 4 is 23.5 Å². The SMILES string of the molecule is COC(=O)c1ccc(OC(=O)c2ccn(-c3cccc(Cl)c3)n2)cc1. The molecule has 0 unspecified atom stereocenters. The average Bonchev–Trinajstić information content (AvgIpc) is 3.12. The van der Waals surface area contributed by atoms with Crippen LogP contribution in [0.4, 0.5) is 0 Å². The first-order chi connectivity index (χ1) is 12.1. The molecule has 0 atom stereocenters. The molecule has 1 aromatic heterocycles. The highest BCUT2D eigenvalue weighted by Crippen LogP contribution is 2.17. The van der Waals surface area contributed by atoms with Crippen LogP contribution in [0.15, 0.2) is 60.8 Å². The van der Waals surface area contributed by atoms with Crippen LogP contribution >= 0.6 is 11.6 Å². The molecule has 126 valence electrons. The van der Waals surface area contributed by atoms with Crippen LogP contribution in [-0.2, 0) is 4.74 Å². The molecule has 3 rings (SSSR count). The van der Waals surface area contributed by atoms with Gasteiger partial charge in [0.25, 0.3) is 0 Å². The van der Waals surface area contributed by atoms with Gasteiger partial charge in [0.05, 0.1) is 18.4 Å². The number of hydrogen-bond acceptors (Lipinski definition) is 5. The Labute approximate surface area is 148 Å². The molecule has 0 N–H and O–H groups in total. The normalized spacial score (nSPS) is 10.3. The first kappa shape index (κ1) is 16.7. The van der Waals surface area contributed by atoms with E-state index in [1.165, 1.54) is 36.1 Å². The molecule has 0 spiro atoms. The van der Waals surface area contributed by atoms with Crippen molar-refractivity contribution in [2.75, 3.05) is 7.11 Å². The minimum atomic E-state index is -0.605. The molecule has 3 aromatic rings. The highest BCUT2D eigenvalue weighted by Gasteiger charge is 2.14. The van der Waals surface area contributed by atoms with Crippen LogP contribution in [0.2, 0.25) is 5.02 Å². The minimum absolute atomic E-state index is 0.150. The zero-order valence-electron chi connectivity index (χ0n) is 13.2. The summed E-state index contributed by atoms with van der Waals surface area (Å²) in [5.41, 5.74) is 1.25. The highest BCUT2D eigenvalue weighted by atomic mass is 35.5. The van der Waals surface area contributed by atoms with Crippen molar-refractivity contribution in [3.05, 3.63) is 77.1 Å². The number of aromatic nitrogens is 2. The molecular formula is C18H13ClN2O4. The lowest BCUT2D eigenvalue weighted by molar-refractivity contribution is 0.0600. The van der Waals surface area contributed by atoms with Gasteiger partial charge >= 0.3 is 11.9 Å². The summed E-state index contributed by atoms with van der Waals surface area (Å²) in [6, 6.07) is 14.7. The van der Waals surface area contributed by atoms with Gasteiger partial charge in [-0.3, -0.25) is 0 Å². The fourth-order valence-corrected chi connectivity index (χ4v) is 2.32. The van der Waals surface area contributed by atoms with E-state index in [1.54, 1.807) is 30.5 Å². The van der Waals surface area contributed by atoms with E-state index in [-0.39, 0.29) is 5.69 Å². The number of carbonyl (C=O) groups excluding carboxylic acids is 2. The minimum Gasteiger partial charge on any atom is -0.465 e. The summed E-state index contributed by atoms with van der Waals surface area (Å²) in [6.45, 7) is 0. The quantitative estimate of drug-likeness (QED) is 0.528. The monoisotopic (exact) mass is 356 g/mol. The van der Waals surface area contributed by atoms with Gasteiger partial charge in [0.1, 0.15) is 5.75 Å². The van der Waals surface area contributed by atoms with Crippen molar-refractivity contribution in [2.45, 2.75) is 0 Å². The molecule has 0 aliphatic carbocycles.